The minimum atomic E-state index is -0.440. The maximum Gasteiger partial charge on any atom is 0.332 e. The zero-order valence-electron chi connectivity index (χ0n) is 15.4. The molecule has 0 spiro atoms. The summed E-state index contributed by atoms with van der Waals surface area (Å²) in [5, 5.41) is 13.0. The van der Waals surface area contributed by atoms with E-state index in [9.17, 15) is 14.7 Å². The van der Waals surface area contributed by atoms with E-state index in [1.807, 2.05) is 25.1 Å². The molecule has 2 N–H and O–H groups in total. The van der Waals surface area contributed by atoms with Gasteiger partial charge in [-0.15, -0.1) is 0 Å². The number of halogens is 1. The van der Waals surface area contributed by atoms with Crippen molar-refractivity contribution in [1.29, 1.82) is 0 Å². The van der Waals surface area contributed by atoms with Crippen molar-refractivity contribution in [3.8, 4) is 0 Å². The number of aryl methyl sites for hydroxylation is 1. The van der Waals surface area contributed by atoms with Crippen LogP contribution in [0.15, 0.2) is 33.9 Å². The van der Waals surface area contributed by atoms with Crippen LogP contribution in [0.4, 0.5) is 5.95 Å². The summed E-state index contributed by atoms with van der Waals surface area (Å²) in [5.74, 6) is 0.448. The number of benzene rings is 1. The third-order valence-electron chi connectivity index (χ3n) is 4.57. The number of rotatable bonds is 6. The molecule has 3 aromatic rings. The smallest absolute Gasteiger partial charge is 0.332 e. The SMILES string of the molecule is C[C@@H](CCO)Nc1nc2c(c(=O)n(C)c(=O)n2C)n1Cc1ccccc1Cl. The first-order valence-electron chi connectivity index (χ1n) is 8.62. The van der Waals surface area contributed by atoms with Crippen molar-refractivity contribution >= 4 is 28.7 Å². The minimum absolute atomic E-state index is 0.0269. The topological polar surface area (TPSA) is 94.1 Å². The fourth-order valence-electron chi connectivity index (χ4n) is 2.99. The molecule has 9 heteroatoms. The zero-order valence-corrected chi connectivity index (χ0v) is 16.2. The largest absolute Gasteiger partial charge is 0.396 e. The lowest BCUT2D eigenvalue weighted by Gasteiger charge is -2.16. The first-order valence-corrected chi connectivity index (χ1v) is 9.00. The molecular formula is C18H22ClN5O3. The normalized spacial score (nSPS) is 12.5. The van der Waals surface area contributed by atoms with Crippen LogP contribution in [-0.2, 0) is 20.6 Å². The molecule has 0 unspecified atom stereocenters. The van der Waals surface area contributed by atoms with Crippen molar-refractivity contribution < 1.29 is 5.11 Å². The number of aliphatic hydroxyl groups excluding tert-OH is 1. The lowest BCUT2D eigenvalue weighted by molar-refractivity contribution is 0.282. The van der Waals surface area contributed by atoms with Gasteiger partial charge in [0.05, 0.1) is 6.54 Å². The Bertz CT molecular complexity index is 1100. The van der Waals surface area contributed by atoms with Gasteiger partial charge in [-0.3, -0.25) is 18.5 Å². The molecule has 2 heterocycles. The molecule has 144 valence electrons. The zero-order chi connectivity index (χ0) is 19.7. The molecule has 0 bridgehead atoms. The molecule has 0 saturated carbocycles. The van der Waals surface area contributed by atoms with E-state index in [1.165, 1.54) is 11.6 Å². The standard InChI is InChI=1S/C18H22ClN5O3/c1-11(8-9-25)20-17-21-15-14(16(26)23(3)18(27)22(15)2)24(17)10-12-6-4-5-7-13(12)19/h4-7,11,25H,8-10H2,1-3H3,(H,20,21)/t11-/m0/s1. The van der Waals surface area contributed by atoms with Gasteiger partial charge in [0.15, 0.2) is 11.2 Å². The van der Waals surface area contributed by atoms with Gasteiger partial charge in [-0.1, -0.05) is 29.8 Å². The number of aromatic nitrogens is 4. The number of hydrogen-bond acceptors (Lipinski definition) is 5. The van der Waals surface area contributed by atoms with E-state index < -0.39 is 11.2 Å². The van der Waals surface area contributed by atoms with Crippen LogP contribution in [0, 0.1) is 0 Å². The molecule has 3 rings (SSSR count). The van der Waals surface area contributed by atoms with Crippen LogP contribution in [0.3, 0.4) is 0 Å². The highest BCUT2D eigenvalue weighted by Crippen LogP contribution is 2.22. The Kier molecular flexibility index (Phi) is 5.38. The summed E-state index contributed by atoms with van der Waals surface area (Å²) in [5.41, 5.74) is 0.583. The third kappa shape index (κ3) is 3.50. The molecule has 0 saturated heterocycles. The first-order chi connectivity index (χ1) is 12.8. The summed E-state index contributed by atoms with van der Waals surface area (Å²) in [7, 11) is 3.02. The number of aliphatic hydroxyl groups is 1. The summed E-state index contributed by atoms with van der Waals surface area (Å²) < 4.78 is 4.14. The van der Waals surface area contributed by atoms with Crippen LogP contribution in [0.1, 0.15) is 18.9 Å². The predicted molar refractivity (Wildman–Crippen MR) is 106 cm³/mol. The average molecular weight is 392 g/mol. The Balaban J connectivity index is 2.25. The fraction of sp³-hybridized carbons (Fsp3) is 0.389. The average Bonchev–Trinajstić information content (AvgIpc) is 2.98. The molecule has 1 aromatic carbocycles. The van der Waals surface area contributed by atoms with Gasteiger partial charge >= 0.3 is 5.69 Å². The summed E-state index contributed by atoms with van der Waals surface area (Å²) >= 11 is 6.30. The lowest BCUT2D eigenvalue weighted by Crippen LogP contribution is -2.37. The number of hydrogen-bond donors (Lipinski definition) is 2. The summed E-state index contributed by atoms with van der Waals surface area (Å²) in [4.78, 5) is 29.6. The Hall–Kier alpha value is -2.58. The Morgan fingerprint density at radius 3 is 2.59 bits per heavy atom. The number of anilines is 1. The van der Waals surface area contributed by atoms with Gasteiger partial charge in [0, 0.05) is 31.8 Å². The number of nitrogens with zero attached hydrogens (tertiary/aromatic N) is 4. The minimum Gasteiger partial charge on any atom is -0.396 e. The molecule has 1 atom stereocenters. The van der Waals surface area contributed by atoms with Crippen LogP contribution < -0.4 is 16.6 Å². The fourth-order valence-corrected chi connectivity index (χ4v) is 3.19. The van der Waals surface area contributed by atoms with E-state index in [0.717, 1.165) is 10.1 Å². The van der Waals surface area contributed by atoms with Crippen molar-refractivity contribution in [1.82, 2.24) is 18.7 Å². The second kappa shape index (κ2) is 7.58. The molecule has 2 aromatic heterocycles. The van der Waals surface area contributed by atoms with Crippen LogP contribution in [0.2, 0.25) is 5.02 Å². The number of nitrogens with one attached hydrogen (secondary N) is 1. The monoisotopic (exact) mass is 391 g/mol. The van der Waals surface area contributed by atoms with Gasteiger partial charge < -0.3 is 10.4 Å². The summed E-state index contributed by atoms with van der Waals surface area (Å²) in [6.45, 7) is 2.25. The van der Waals surface area contributed by atoms with Crippen LogP contribution >= 0.6 is 11.6 Å². The second-order valence-corrected chi connectivity index (χ2v) is 6.96. The molecule has 0 aliphatic carbocycles. The highest BCUT2D eigenvalue weighted by Gasteiger charge is 2.20. The van der Waals surface area contributed by atoms with Crippen molar-refractivity contribution in [2.75, 3.05) is 11.9 Å². The van der Waals surface area contributed by atoms with Gasteiger partial charge in [0.2, 0.25) is 5.95 Å². The number of imidazole rings is 1. The van der Waals surface area contributed by atoms with Crippen LogP contribution in [0.25, 0.3) is 11.2 Å². The van der Waals surface area contributed by atoms with E-state index in [1.54, 1.807) is 17.7 Å². The van der Waals surface area contributed by atoms with Crippen LogP contribution in [-0.4, -0.2) is 36.4 Å². The van der Waals surface area contributed by atoms with E-state index in [-0.39, 0.29) is 12.6 Å². The molecule has 27 heavy (non-hydrogen) atoms. The van der Waals surface area contributed by atoms with Gasteiger partial charge in [-0.2, -0.15) is 4.98 Å². The molecule has 0 amide bonds. The highest BCUT2D eigenvalue weighted by molar-refractivity contribution is 6.31. The van der Waals surface area contributed by atoms with Crippen molar-refractivity contribution in [2.45, 2.75) is 25.9 Å². The highest BCUT2D eigenvalue weighted by atomic mass is 35.5. The lowest BCUT2D eigenvalue weighted by atomic mass is 10.2. The molecule has 0 radical (unpaired) electrons. The predicted octanol–water partition coefficient (Wildman–Crippen LogP) is 1.32. The Morgan fingerprint density at radius 1 is 1.22 bits per heavy atom. The quantitative estimate of drug-likeness (QED) is 0.661. The van der Waals surface area contributed by atoms with Gasteiger partial charge in [-0.05, 0) is 25.0 Å². The molecule has 0 fully saturated rings. The van der Waals surface area contributed by atoms with Crippen molar-refractivity contribution in [2.24, 2.45) is 14.1 Å². The number of fused-ring (bicyclic) bond motifs is 1. The summed E-state index contributed by atoms with van der Waals surface area (Å²) in [6.07, 6.45) is 0.520. The third-order valence-corrected chi connectivity index (χ3v) is 4.94. The second-order valence-electron chi connectivity index (χ2n) is 6.55. The Morgan fingerprint density at radius 2 is 1.93 bits per heavy atom. The molecule has 0 aliphatic rings. The van der Waals surface area contributed by atoms with Gasteiger partial charge in [0.25, 0.3) is 5.56 Å². The Labute approximate surface area is 160 Å². The molecular weight excluding hydrogens is 370 g/mol. The van der Waals surface area contributed by atoms with E-state index in [2.05, 4.69) is 10.3 Å². The first kappa shape index (κ1) is 19.2. The molecule has 8 nitrogen and oxygen atoms in total. The maximum absolute atomic E-state index is 12.8. The maximum atomic E-state index is 12.8. The molecule has 0 aliphatic heterocycles. The summed E-state index contributed by atoms with van der Waals surface area (Å²) in [6, 6.07) is 7.30. The van der Waals surface area contributed by atoms with Crippen molar-refractivity contribution in [3.05, 3.63) is 55.7 Å². The van der Waals surface area contributed by atoms with Crippen LogP contribution in [0.5, 0.6) is 0 Å². The van der Waals surface area contributed by atoms with Crippen molar-refractivity contribution in [3.63, 3.8) is 0 Å². The van der Waals surface area contributed by atoms with E-state index in [0.29, 0.717) is 35.1 Å². The van der Waals surface area contributed by atoms with E-state index >= 15 is 0 Å². The van der Waals surface area contributed by atoms with E-state index in [4.69, 9.17) is 11.6 Å². The van der Waals surface area contributed by atoms with Gasteiger partial charge in [0.1, 0.15) is 0 Å². The van der Waals surface area contributed by atoms with Gasteiger partial charge in [-0.25, -0.2) is 4.79 Å².